The van der Waals surface area contributed by atoms with Crippen LogP contribution in [0.2, 0.25) is 0 Å². The van der Waals surface area contributed by atoms with E-state index in [0.29, 0.717) is 0 Å². The Morgan fingerprint density at radius 3 is 1.45 bits per heavy atom. The van der Waals surface area contributed by atoms with Gasteiger partial charge in [-0.3, -0.25) is 0 Å². The van der Waals surface area contributed by atoms with Crippen molar-refractivity contribution in [2.24, 2.45) is 0 Å². The fourth-order valence-corrected chi connectivity index (χ4v) is 12.4. The van der Waals surface area contributed by atoms with Crippen LogP contribution < -0.4 is 0 Å². The summed E-state index contributed by atoms with van der Waals surface area (Å²) in [5.41, 5.74) is 7.87. The average Bonchev–Trinajstić information content (AvgIpc) is 2.98. The quantitative estimate of drug-likeness (QED) is 0.286. The summed E-state index contributed by atoms with van der Waals surface area (Å²) in [4.78, 5) is 0. The first-order chi connectivity index (χ1) is 15.1. The van der Waals surface area contributed by atoms with Gasteiger partial charge in [-0.25, -0.2) is 0 Å². The molecule has 1 aliphatic heterocycles. The maximum absolute atomic E-state index is 2.56. The van der Waals surface area contributed by atoms with E-state index in [4.69, 9.17) is 0 Å². The molecule has 0 saturated heterocycles. The Kier molecular flexibility index (Phi) is 5.39. The normalized spacial score (nSPS) is 18.1. The second kappa shape index (κ2) is 8.07. The monoisotopic (exact) mass is 426 g/mol. The van der Waals surface area contributed by atoms with E-state index in [2.05, 4.69) is 100 Å². The number of fused-ring (bicyclic) bond motifs is 7. The van der Waals surface area contributed by atoms with Crippen LogP contribution in [0.1, 0.15) is 51.7 Å². The molecule has 1 heterocycles. The van der Waals surface area contributed by atoms with Gasteiger partial charge >= 0.3 is 188 Å². The van der Waals surface area contributed by atoms with Crippen LogP contribution in [0.4, 0.5) is 0 Å². The molecule has 0 aromatic heterocycles. The molecule has 4 aromatic carbocycles. The minimum absolute atomic E-state index is 0.819. The Labute approximate surface area is 188 Å². The molecule has 1 heteroatoms. The van der Waals surface area contributed by atoms with E-state index >= 15 is 0 Å². The summed E-state index contributed by atoms with van der Waals surface area (Å²) in [5, 5.41) is 5.58. The van der Waals surface area contributed by atoms with E-state index in [1.807, 2.05) is 0 Å². The molecule has 5 rings (SSSR count). The second-order valence-electron chi connectivity index (χ2n) is 9.85. The topological polar surface area (TPSA) is 0 Å². The van der Waals surface area contributed by atoms with Gasteiger partial charge in [0, 0.05) is 0 Å². The summed E-state index contributed by atoms with van der Waals surface area (Å²) >= 11 is 0. The SMILES string of the molecule is CCC(C)[PH]1(C(C)CC)Cc2ccc3ccccc3c2-c2c(ccc3ccccc23)C1. The first kappa shape index (κ1) is 20.7. The fourth-order valence-electron chi connectivity index (χ4n) is 6.29. The summed E-state index contributed by atoms with van der Waals surface area (Å²) in [6.07, 6.45) is 5.20. The van der Waals surface area contributed by atoms with Gasteiger partial charge in [0.05, 0.1) is 0 Å². The molecule has 2 atom stereocenters. The van der Waals surface area contributed by atoms with Crippen molar-refractivity contribution in [2.45, 2.75) is 64.2 Å². The van der Waals surface area contributed by atoms with Gasteiger partial charge in [-0.1, -0.05) is 0 Å². The van der Waals surface area contributed by atoms with Gasteiger partial charge in [0.1, 0.15) is 0 Å². The number of hydrogen-bond donors (Lipinski definition) is 0. The van der Waals surface area contributed by atoms with Crippen LogP contribution in [0, 0.1) is 0 Å². The van der Waals surface area contributed by atoms with Crippen molar-refractivity contribution >= 4 is 28.8 Å². The Hall–Kier alpha value is -2.17. The second-order valence-corrected chi connectivity index (χ2v) is 15.0. The van der Waals surface area contributed by atoms with Crippen molar-refractivity contribution in [1.29, 1.82) is 0 Å². The first-order valence-electron chi connectivity index (χ1n) is 12.1. The van der Waals surface area contributed by atoms with Gasteiger partial charge in [0.15, 0.2) is 0 Å². The minimum atomic E-state index is -1.62. The van der Waals surface area contributed by atoms with Crippen molar-refractivity contribution in [1.82, 2.24) is 0 Å². The Balaban J connectivity index is 1.92. The number of benzene rings is 4. The zero-order valence-electron chi connectivity index (χ0n) is 19.4. The third-order valence-corrected chi connectivity index (χ3v) is 15.3. The third-order valence-electron chi connectivity index (χ3n) is 8.51. The molecule has 0 fully saturated rings. The fraction of sp³-hybridized carbons (Fsp3) is 0.333. The van der Waals surface area contributed by atoms with Crippen LogP contribution in [0.25, 0.3) is 32.7 Å². The van der Waals surface area contributed by atoms with Crippen LogP contribution >= 0.6 is 7.26 Å². The molecule has 31 heavy (non-hydrogen) atoms. The molecule has 0 saturated carbocycles. The number of hydrogen-bond acceptors (Lipinski definition) is 0. The maximum atomic E-state index is 2.56. The molecule has 0 aliphatic carbocycles. The summed E-state index contributed by atoms with van der Waals surface area (Å²) in [7, 11) is -1.62. The van der Waals surface area contributed by atoms with Gasteiger partial charge in [-0.15, -0.1) is 0 Å². The van der Waals surface area contributed by atoms with E-state index in [0.717, 1.165) is 11.3 Å². The molecule has 0 N–H and O–H groups in total. The molecule has 4 aromatic rings. The van der Waals surface area contributed by atoms with Gasteiger partial charge in [0.25, 0.3) is 0 Å². The van der Waals surface area contributed by atoms with Gasteiger partial charge in [-0.05, 0) is 0 Å². The molecule has 160 valence electrons. The average molecular weight is 427 g/mol. The van der Waals surface area contributed by atoms with Crippen LogP contribution in [-0.4, -0.2) is 11.3 Å². The Morgan fingerprint density at radius 2 is 1.03 bits per heavy atom. The summed E-state index contributed by atoms with van der Waals surface area (Å²) < 4.78 is 0. The van der Waals surface area contributed by atoms with Gasteiger partial charge in [-0.2, -0.15) is 0 Å². The molecule has 2 unspecified atom stereocenters. The summed E-state index contributed by atoms with van der Waals surface area (Å²) in [6, 6.07) is 27.7. The van der Waals surface area contributed by atoms with Crippen molar-refractivity contribution in [3.63, 3.8) is 0 Å². The van der Waals surface area contributed by atoms with E-state index in [-0.39, 0.29) is 0 Å². The van der Waals surface area contributed by atoms with Crippen molar-refractivity contribution in [3.05, 3.63) is 83.9 Å². The molecule has 0 nitrogen and oxygen atoms in total. The Bertz CT molecular complexity index is 1150. The molecular formula is C30H35P. The molecule has 0 amide bonds. The summed E-state index contributed by atoms with van der Waals surface area (Å²) in [6.45, 7) is 9.95. The van der Waals surface area contributed by atoms with E-state index in [1.165, 1.54) is 57.8 Å². The first-order valence-corrected chi connectivity index (χ1v) is 14.7. The predicted molar refractivity (Wildman–Crippen MR) is 142 cm³/mol. The molecular weight excluding hydrogens is 391 g/mol. The van der Waals surface area contributed by atoms with E-state index < -0.39 is 7.26 Å². The van der Waals surface area contributed by atoms with Crippen molar-refractivity contribution in [2.75, 3.05) is 0 Å². The van der Waals surface area contributed by atoms with Crippen molar-refractivity contribution < 1.29 is 0 Å². The molecule has 1 aliphatic rings. The van der Waals surface area contributed by atoms with Crippen molar-refractivity contribution in [3.8, 4) is 11.1 Å². The molecule has 0 spiro atoms. The molecule has 0 bridgehead atoms. The molecule has 0 radical (unpaired) electrons. The standard InChI is InChI=1S/C30H35P/c1-5-21(3)31(22(4)6-2)19-25-17-15-23-11-7-9-13-27(23)29(25)30-26(20-31)18-16-24-12-8-10-14-28(24)30/h7-18,21-22,31H,5-6,19-20H2,1-4H3. The predicted octanol–water partition coefficient (Wildman–Crippen LogP) is 9.02. The zero-order valence-corrected chi connectivity index (χ0v) is 20.4. The van der Waals surface area contributed by atoms with Crippen LogP contribution in [0.3, 0.4) is 0 Å². The van der Waals surface area contributed by atoms with Crippen LogP contribution in [0.5, 0.6) is 0 Å². The van der Waals surface area contributed by atoms with E-state index in [1.54, 1.807) is 11.1 Å². The summed E-state index contributed by atoms with van der Waals surface area (Å²) in [5.74, 6) is 0. The van der Waals surface area contributed by atoms with Crippen LogP contribution in [-0.2, 0) is 12.3 Å². The Morgan fingerprint density at radius 1 is 0.613 bits per heavy atom. The number of rotatable bonds is 4. The van der Waals surface area contributed by atoms with E-state index in [9.17, 15) is 0 Å². The van der Waals surface area contributed by atoms with Gasteiger partial charge in [0.2, 0.25) is 0 Å². The van der Waals surface area contributed by atoms with Crippen LogP contribution in [0.15, 0.2) is 72.8 Å². The van der Waals surface area contributed by atoms with Gasteiger partial charge < -0.3 is 0 Å². The third kappa shape index (κ3) is 3.23. The zero-order chi connectivity index (χ0) is 21.6.